The number of phenols is 1. The van der Waals surface area contributed by atoms with Crippen LogP contribution in [0.4, 0.5) is 0 Å². The molecule has 0 saturated heterocycles. The fourth-order valence-electron chi connectivity index (χ4n) is 5.66. The number of nitrogens with zero attached hydrogens (tertiary/aromatic N) is 2. The van der Waals surface area contributed by atoms with Gasteiger partial charge in [-0.15, -0.1) is 0 Å². The molecule has 0 bridgehead atoms. The number of primary amides is 1. The van der Waals surface area contributed by atoms with Gasteiger partial charge >= 0.3 is 0 Å². The van der Waals surface area contributed by atoms with Crippen molar-refractivity contribution in [1.29, 1.82) is 0 Å². The van der Waals surface area contributed by atoms with Gasteiger partial charge in [0.2, 0.25) is 5.78 Å². The standard InChI is InChI=1S/C26H29N3O7/c1-28(2)9-5-6-12-7-8-16(30)18-14(12)10-13-11-15-20(29(3)4)22(32)19(25(27)35)24(34)26(15,36)23(33)17(13)21(18)31/h7-8,13,15,20,30,32-33,36H,9-11H2,1-4H3,(H2,27,35)/t13-,15-,20-,26-/m0/s1. The molecule has 190 valence electrons. The number of aliphatic hydroxyl groups is 3. The van der Waals surface area contributed by atoms with Gasteiger partial charge < -0.3 is 26.2 Å². The van der Waals surface area contributed by atoms with E-state index in [0.29, 0.717) is 17.7 Å². The van der Waals surface area contributed by atoms with E-state index in [1.807, 2.05) is 19.0 Å². The van der Waals surface area contributed by atoms with Crippen LogP contribution in [0.2, 0.25) is 0 Å². The predicted molar refractivity (Wildman–Crippen MR) is 129 cm³/mol. The van der Waals surface area contributed by atoms with E-state index in [0.717, 1.165) is 0 Å². The smallest absolute Gasteiger partial charge is 0.255 e. The zero-order valence-electron chi connectivity index (χ0n) is 20.5. The summed E-state index contributed by atoms with van der Waals surface area (Å²) < 4.78 is 0. The first-order valence-corrected chi connectivity index (χ1v) is 11.5. The van der Waals surface area contributed by atoms with Crippen LogP contribution in [0.5, 0.6) is 5.75 Å². The average Bonchev–Trinajstić information content (AvgIpc) is 2.77. The van der Waals surface area contributed by atoms with Crippen LogP contribution in [0.3, 0.4) is 0 Å². The van der Waals surface area contributed by atoms with Crippen molar-refractivity contribution in [3.63, 3.8) is 0 Å². The first-order chi connectivity index (χ1) is 16.8. The molecule has 0 radical (unpaired) electrons. The second kappa shape index (κ2) is 8.78. The van der Waals surface area contributed by atoms with Gasteiger partial charge in [-0.3, -0.25) is 24.2 Å². The number of aromatic hydroxyl groups is 1. The Balaban J connectivity index is 1.91. The van der Waals surface area contributed by atoms with E-state index < -0.39 is 58.0 Å². The highest BCUT2D eigenvalue weighted by Gasteiger charge is 2.63. The average molecular weight is 496 g/mol. The van der Waals surface area contributed by atoms with E-state index in [2.05, 4.69) is 11.8 Å². The summed E-state index contributed by atoms with van der Waals surface area (Å²) in [6.07, 6.45) is 0.237. The number of hydrogen-bond donors (Lipinski definition) is 5. The van der Waals surface area contributed by atoms with Crippen LogP contribution < -0.4 is 5.73 Å². The Labute approximate surface area is 208 Å². The van der Waals surface area contributed by atoms with Gasteiger partial charge in [-0.1, -0.05) is 11.8 Å². The lowest BCUT2D eigenvalue weighted by Crippen LogP contribution is -2.63. The molecule has 6 N–H and O–H groups in total. The number of nitrogens with two attached hydrogens (primary N) is 1. The minimum Gasteiger partial charge on any atom is -0.510 e. The maximum Gasteiger partial charge on any atom is 0.255 e. The number of carbonyl (C=O) groups is 3. The minimum absolute atomic E-state index is 0.0337. The molecule has 0 fully saturated rings. The summed E-state index contributed by atoms with van der Waals surface area (Å²) in [5, 5.41) is 44.2. The third-order valence-electron chi connectivity index (χ3n) is 7.22. The topological polar surface area (TPSA) is 165 Å². The molecule has 3 aliphatic carbocycles. The molecule has 0 heterocycles. The Morgan fingerprint density at radius 1 is 1.17 bits per heavy atom. The minimum atomic E-state index is -2.65. The Bertz CT molecular complexity index is 1310. The molecule has 10 heteroatoms. The summed E-state index contributed by atoms with van der Waals surface area (Å²) in [4.78, 5) is 42.3. The van der Waals surface area contributed by atoms with E-state index in [-0.39, 0.29) is 29.7 Å². The summed E-state index contributed by atoms with van der Waals surface area (Å²) in [5.41, 5.74) is 2.68. The van der Waals surface area contributed by atoms with Crippen molar-refractivity contribution in [3.05, 3.63) is 51.5 Å². The molecule has 3 aliphatic rings. The van der Waals surface area contributed by atoms with Gasteiger partial charge in [0, 0.05) is 17.1 Å². The molecular formula is C26H29N3O7. The number of fused-ring (bicyclic) bond motifs is 3. The largest absolute Gasteiger partial charge is 0.510 e. The normalized spacial score (nSPS) is 27.5. The highest BCUT2D eigenvalue weighted by Crippen LogP contribution is 2.52. The Kier molecular flexibility index (Phi) is 6.21. The molecule has 0 unspecified atom stereocenters. The van der Waals surface area contributed by atoms with E-state index in [4.69, 9.17) is 5.73 Å². The van der Waals surface area contributed by atoms with Crippen molar-refractivity contribution in [3.8, 4) is 17.6 Å². The Morgan fingerprint density at radius 3 is 2.42 bits per heavy atom. The number of allylic oxidation sites excluding steroid dienone is 1. The number of likely N-dealkylation sites (N-methyl/N-ethyl adjacent to an activating group) is 1. The molecule has 1 aromatic rings. The van der Waals surface area contributed by atoms with Crippen molar-refractivity contribution in [1.82, 2.24) is 9.80 Å². The molecule has 0 saturated carbocycles. The number of phenolic OH excluding ortho intramolecular Hbond substituents is 1. The van der Waals surface area contributed by atoms with Crippen LogP contribution >= 0.6 is 0 Å². The first-order valence-electron chi connectivity index (χ1n) is 11.5. The number of amides is 1. The molecule has 0 spiro atoms. The third-order valence-corrected chi connectivity index (χ3v) is 7.22. The van der Waals surface area contributed by atoms with Crippen LogP contribution in [0.15, 0.2) is 34.8 Å². The lowest BCUT2D eigenvalue weighted by Gasteiger charge is -2.50. The molecule has 1 aromatic carbocycles. The quantitative estimate of drug-likeness (QED) is 0.287. The summed E-state index contributed by atoms with van der Waals surface area (Å²) >= 11 is 0. The SMILES string of the molecule is CN(C)CC#Cc1ccc(O)c2c1C[C@H]1C[C@H]3[C@H](N(C)C)C(O)=C(C(N)=O)C(=O)[C@@]3(O)C(O)=C1C2=O. The van der Waals surface area contributed by atoms with Gasteiger partial charge in [-0.2, -0.15) is 0 Å². The van der Waals surface area contributed by atoms with Gasteiger partial charge in [0.05, 0.1) is 18.2 Å². The van der Waals surface area contributed by atoms with Gasteiger partial charge in [-0.25, -0.2) is 0 Å². The van der Waals surface area contributed by atoms with E-state index in [1.54, 1.807) is 20.2 Å². The number of rotatable bonds is 3. The number of benzene rings is 1. The monoisotopic (exact) mass is 495 g/mol. The van der Waals surface area contributed by atoms with E-state index in [1.165, 1.54) is 11.0 Å². The summed E-state index contributed by atoms with van der Waals surface area (Å²) in [6, 6.07) is 1.94. The maximum atomic E-state index is 13.6. The second-order valence-corrected chi connectivity index (χ2v) is 9.99. The lowest BCUT2D eigenvalue weighted by molar-refractivity contribution is -0.148. The van der Waals surface area contributed by atoms with Crippen molar-refractivity contribution < 1.29 is 34.8 Å². The number of aliphatic hydroxyl groups excluding tert-OH is 2. The van der Waals surface area contributed by atoms with Gasteiger partial charge in [0.15, 0.2) is 11.4 Å². The third kappa shape index (κ3) is 3.59. The number of ketones is 2. The van der Waals surface area contributed by atoms with E-state index in [9.17, 15) is 34.8 Å². The van der Waals surface area contributed by atoms with Gasteiger partial charge in [-0.05, 0) is 64.6 Å². The molecule has 1 amide bonds. The predicted octanol–water partition coefficient (Wildman–Crippen LogP) is 0.0337. The van der Waals surface area contributed by atoms with Crippen LogP contribution in [0.25, 0.3) is 0 Å². The fourth-order valence-corrected chi connectivity index (χ4v) is 5.66. The number of hydrogen-bond acceptors (Lipinski definition) is 9. The zero-order valence-corrected chi connectivity index (χ0v) is 20.5. The second-order valence-electron chi connectivity index (χ2n) is 9.99. The zero-order chi connectivity index (χ0) is 26.7. The molecular weight excluding hydrogens is 466 g/mol. The summed E-state index contributed by atoms with van der Waals surface area (Å²) in [7, 11) is 6.91. The van der Waals surface area contributed by atoms with Gasteiger partial charge in [0.1, 0.15) is 22.8 Å². The van der Waals surface area contributed by atoms with Crippen LogP contribution in [0, 0.1) is 23.7 Å². The molecule has 36 heavy (non-hydrogen) atoms. The van der Waals surface area contributed by atoms with Crippen molar-refractivity contribution in [2.24, 2.45) is 17.6 Å². The van der Waals surface area contributed by atoms with Crippen LogP contribution in [0.1, 0.15) is 27.9 Å². The number of carbonyl (C=O) groups excluding carboxylic acids is 3. The Morgan fingerprint density at radius 2 is 1.83 bits per heavy atom. The Hall–Kier alpha value is -3.65. The van der Waals surface area contributed by atoms with Crippen molar-refractivity contribution in [2.45, 2.75) is 24.5 Å². The summed E-state index contributed by atoms with van der Waals surface area (Å²) in [5.74, 6) is -0.678. The lowest BCUT2D eigenvalue weighted by atomic mass is 9.58. The van der Waals surface area contributed by atoms with Crippen molar-refractivity contribution >= 4 is 17.5 Å². The first kappa shape index (κ1) is 25.4. The molecule has 4 atom stereocenters. The molecule has 4 rings (SSSR count). The molecule has 0 aromatic heterocycles. The van der Waals surface area contributed by atoms with Crippen LogP contribution in [-0.2, 0) is 16.0 Å². The van der Waals surface area contributed by atoms with Gasteiger partial charge in [0.25, 0.3) is 5.91 Å². The van der Waals surface area contributed by atoms with Crippen LogP contribution in [-0.4, -0.2) is 94.1 Å². The number of Topliss-reactive ketones (excluding diaryl/α,β-unsaturated/α-hetero) is 2. The highest BCUT2D eigenvalue weighted by atomic mass is 16.3. The molecule has 0 aliphatic heterocycles. The van der Waals surface area contributed by atoms with E-state index >= 15 is 0 Å². The fraction of sp³-hybridized carbons (Fsp3) is 0.423. The van der Waals surface area contributed by atoms with Crippen molar-refractivity contribution in [2.75, 3.05) is 34.7 Å². The maximum absolute atomic E-state index is 13.6. The summed E-state index contributed by atoms with van der Waals surface area (Å²) in [6.45, 7) is 0.481. The molecule has 10 nitrogen and oxygen atoms in total. The highest BCUT2D eigenvalue weighted by molar-refractivity contribution is 6.24.